The third kappa shape index (κ3) is 2.83. The van der Waals surface area contributed by atoms with E-state index in [4.69, 9.17) is 15.2 Å². The molecule has 0 aromatic heterocycles. The first-order valence-corrected chi connectivity index (χ1v) is 3.64. The van der Waals surface area contributed by atoms with E-state index in [0.717, 1.165) is 5.56 Å². The zero-order valence-electron chi connectivity index (χ0n) is 6.84. The molecule has 0 radical (unpaired) electrons. The quantitative estimate of drug-likeness (QED) is 0.430. The van der Waals surface area contributed by atoms with E-state index in [1.54, 1.807) is 24.3 Å². The summed E-state index contributed by atoms with van der Waals surface area (Å²) in [6.45, 7) is 0.0352. The Balaban J connectivity index is 2.65. The third-order valence-corrected chi connectivity index (χ3v) is 1.39. The first kappa shape index (κ1) is 9.07. The van der Waals surface area contributed by atoms with Crippen molar-refractivity contribution in [3.8, 4) is 11.8 Å². The summed E-state index contributed by atoms with van der Waals surface area (Å²) in [5.41, 5.74) is 0.770. The van der Waals surface area contributed by atoms with Crippen LogP contribution in [0.2, 0.25) is 0 Å². The molecule has 0 aliphatic carbocycles. The molecular formula is C9H8N2O2. The highest BCUT2D eigenvalue weighted by molar-refractivity contribution is 5.79. The normalized spacial score (nSPS) is 9.77. The minimum Gasteiger partial charge on any atom is -0.479 e. The van der Waals surface area contributed by atoms with Crippen molar-refractivity contribution in [1.29, 1.82) is 5.26 Å². The number of rotatable bonds is 3. The Labute approximate surface area is 75.7 Å². The predicted molar refractivity (Wildman–Crippen MR) is 46.9 cm³/mol. The van der Waals surface area contributed by atoms with Crippen molar-refractivity contribution in [1.82, 2.24) is 0 Å². The Morgan fingerprint density at radius 1 is 1.46 bits per heavy atom. The van der Waals surface area contributed by atoms with Gasteiger partial charge in [-0.3, -0.25) is 0 Å². The van der Waals surface area contributed by atoms with Gasteiger partial charge in [0.15, 0.2) is 6.61 Å². The Hall–Kier alpha value is -2.02. The van der Waals surface area contributed by atoms with E-state index < -0.39 is 0 Å². The highest BCUT2D eigenvalue weighted by atomic mass is 16.5. The van der Waals surface area contributed by atoms with Crippen LogP contribution >= 0.6 is 0 Å². The molecule has 4 heteroatoms. The molecule has 0 spiro atoms. The number of oxime groups is 1. The van der Waals surface area contributed by atoms with Gasteiger partial charge in [0, 0.05) is 0 Å². The minimum atomic E-state index is 0.0352. The molecule has 1 rings (SSSR count). The fourth-order valence-corrected chi connectivity index (χ4v) is 0.832. The van der Waals surface area contributed by atoms with Gasteiger partial charge in [0.05, 0.1) is 6.21 Å². The van der Waals surface area contributed by atoms with Crippen molar-refractivity contribution in [3.05, 3.63) is 29.8 Å². The van der Waals surface area contributed by atoms with E-state index in [9.17, 15) is 0 Å². The Morgan fingerprint density at radius 2 is 2.15 bits per heavy atom. The van der Waals surface area contributed by atoms with Gasteiger partial charge in [0.25, 0.3) is 0 Å². The van der Waals surface area contributed by atoms with Crippen LogP contribution in [0.15, 0.2) is 29.4 Å². The fraction of sp³-hybridized carbons (Fsp3) is 0.111. The molecule has 0 unspecified atom stereocenters. The summed E-state index contributed by atoms with van der Waals surface area (Å²) < 4.78 is 5.02. The summed E-state index contributed by atoms with van der Waals surface area (Å²) in [5.74, 6) is 0.622. The fourth-order valence-electron chi connectivity index (χ4n) is 0.832. The second-order valence-electron chi connectivity index (χ2n) is 2.26. The number of benzene rings is 1. The molecule has 0 amide bonds. The molecule has 13 heavy (non-hydrogen) atoms. The number of nitrogens with zero attached hydrogens (tertiary/aromatic N) is 2. The molecule has 0 saturated carbocycles. The lowest BCUT2D eigenvalue weighted by Crippen LogP contribution is -1.93. The van der Waals surface area contributed by atoms with E-state index in [-0.39, 0.29) is 6.61 Å². The lowest BCUT2D eigenvalue weighted by molar-refractivity contribution is 0.322. The van der Waals surface area contributed by atoms with Crippen molar-refractivity contribution >= 4 is 6.21 Å². The maximum absolute atomic E-state index is 8.24. The van der Waals surface area contributed by atoms with Crippen LogP contribution in [0.25, 0.3) is 0 Å². The molecule has 0 fully saturated rings. The molecule has 0 bridgehead atoms. The van der Waals surface area contributed by atoms with Crippen molar-refractivity contribution < 1.29 is 9.94 Å². The zero-order chi connectivity index (χ0) is 9.52. The molecule has 0 atom stereocenters. The predicted octanol–water partition coefficient (Wildman–Crippen LogP) is 1.40. The van der Waals surface area contributed by atoms with Crippen LogP contribution in [-0.2, 0) is 0 Å². The van der Waals surface area contributed by atoms with Crippen LogP contribution < -0.4 is 4.74 Å². The molecule has 1 N–H and O–H groups in total. The molecule has 0 saturated heterocycles. The molecule has 0 aliphatic heterocycles. The van der Waals surface area contributed by atoms with E-state index in [2.05, 4.69) is 5.16 Å². The third-order valence-electron chi connectivity index (χ3n) is 1.39. The van der Waals surface area contributed by atoms with Crippen molar-refractivity contribution in [2.75, 3.05) is 6.61 Å². The van der Waals surface area contributed by atoms with Crippen LogP contribution in [0, 0.1) is 11.3 Å². The lowest BCUT2D eigenvalue weighted by atomic mass is 10.2. The topological polar surface area (TPSA) is 65.6 Å². The van der Waals surface area contributed by atoms with Gasteiger partial charge < -0.3 is 9.94 Å². The second-order valence-corrected chi connectivity index (χ2v) is 2.26. The number of nitriles is 1. The van der Waals surface area contributed by atoms with Crippen molar-refractivity contribution in [2.24, 2.45) is 5.16 Å². The lowest BCUT2D eigenvalue weighted by Gasteiger charge is -2.00. The average Bonchev–Trinajstić information content (AvgIpc) is 2.17. The average molecular weight is 176 g/mol. The monoisotopic (exact) mass is 176 g/mol. The number of hydrogen-bond donors (Lipinski definition) is 1. The van der Waals surface area contributed by atoms with E-state index >= 15 is 0 Å². The summed E-state index contributed by atoms with van der Waals surface area (Å²) in [6, 6.07) is 8.73. The van der Waals surface area contributed by atoms with E-state index in [1.807, 2.05) is 6.07 Å². The van der Waals surface area contributed by atoms with Crippen LogP contribution in [0.5, 0.6) is 5.75 Å². The SMILES string of the molecule is N#CCOc1ccc(/C=N/O)cc1. The first-order chi connectivity index (χ1) is 6.36. The minimum absolute atomic E-state index is 0.0352. The van der Waals surface area contributed by atoms with E-state index in [0.29, 0.717) is 5.75 Å². The summed E-state index contributed by atoms with van der Waals surface area (Å²) in [7, 11) is 0. The van der Waals surface area contributed by atoms with E-state index in [1.165, 1.54) is 6.21 Å². The number of ether oxygens (including phenoxy) is 1. The second kappa shape index (κ2) is 4.78. The van der Waals surface area contributed by atoms with Crippen LogP contribution in [0.1, 0.15) is 5.56 Å². The maximum atomic E-state index is 8.24. The highest BCUT2D eigenvalue weighted by Crippen LogP contribution is 2.10. The van der Waals surface area contributed by atoms with Gasteiger partial charge in [0.1, 0.15) is 11.8 Å². The zero-order valence-corrected chi connectivity index (χ0v) is 6.84. The van der Waals surface area contributed by atoms with Gasteiger partial charge in [-0.05, 0) is 29.8 Å². The molecule has 66 valence electrons. The Morgan fingerprint density at radius 3 is 2.69 bits per heavy atom. The van der Waals surface area contributed by atoms with Gasteiger partial charge in [-0.1, -0.05) is 5.16 Å². The van der Waals surface area contributed by atoms with Crippen molar-refractivity contribution in [3.63, 3.8) is 0 Å². The molecule has 0 aliphatic rings. The van der Waals surface area contributed by atoms with Crippen LogP contribution in [-0.4, -0.2) is 18.0 Å². The first-order valence-electron chi connectivity index (χ1n) is 3.64. The molecular weight excluding hydrogens is 168 g/mol. The standard InChI is InChI=1S/C9H8N2O2/c10-5-6-13-9-3-1-8(2-4-9)7-11-12/h1-4,7,12H,6H2/b11-7+. The molecule has 4 nitrogen and oxygen atoms in total. The summed E-state index contributed by atoms with van der Waals surface area (Å²) in [4.78, 5) is 0. The molecule has 0 heterocycles. The van der Waals surface area contributed by atoms with Gasteiger partial charge in [0.2, 0.25) is 0 Å². The smallest absolute Gasteiger partial charge is 0.174 e. The van der Waals surface area contributed by atoms with Crippen LogP contribution in [0.4, 0.5) is 0 Å². The van der Waals surface area contributed by atoms with Gasteiger partial charge in [-0.25, -0.2) is 0 Å². The summed E-state index contributed by atoms with van der Waals surface area (Å²) >= 11 is 0. The maximum Gasteiger partial charge on any atom is 0.174 e. The largest absolute Gasteiger partial charge is 0.479 e. The molecule has 1 aromatic rings. The van der Waals surface area contributed by atoms with Crippen LogP contribution in [0.3, 0.4) is 0 Å². The highest BCUT2D eigenvalue weighted by Gasteiger charge is 1.92. The molecule has 1 aromatic carbocycles. The Kier molecular flexibility index (Phi) is 3.33. The summed E-state index contributed by atoms with van der Waals surface area (Å²) in [6.07, 6.45) is 1.31. The van der Waals surface area contributed by atoms with Gasteiger partial charge >= 0.3 is 0 Å². The van der Waals surface area contributed by atoms with Gasteiger partial charge in [-0.15, -0.1) is 0 Å². The Bertz CT molecular complexity index is 324. The number of hydrogen-bond acceptors (Lipinski definition) is 4. The summed E-state index contributed by atoms with van der Waals surface area (Å²) in [5, 5.41) is 19.3. The van der Waals surface area contributed by atoms with Crippen molar-refractivity contribution in [2.45, 2.75) is 0 Å². The van der Waals surface area contributed by atoms with Gasteiger partial charge in [-0.2, -0.15) is 5.26 Å².